The number of likely N-dealkylation sites (tertiary alicyclic amines) is 1. The maximum Gasteiger partial charge on any atom is 0.401 e. The van der Waals surface area contributed by atoms with Crippen LogP contribution in [0, 0.1) is 11.3 Å². The van der Waals surface area contributed by atoms with E-state index in [1.807, 2.05) is 6.07 Å². The number of amides is 1. The van der Waals surface area contributed by atoms with Gasteiger partial charge in [-0.2, -0.15) is 18.4 Å². The van der Waals surface area contributed by atoms with Crippen LogP contribution in [0.2, 0.25) is 0 Å². The van der Waals surface area contributed by atoms with Gasteiger partial charge in [0.1, 0.15) is 5.70 Å². The van der Waals surface area contributed by atoms with Crippen LogP contribution in [0.1, 0.15) is 19.3 Å². The van der Waals surface area contributed by atoms with Crippen LogP contribution in [0.15, 0.2) is 16.4 Å². The van der Waals surface area contributed by atoms with Crippen molar-refractivity contribution in [1.29, 1.82) is 5.26 Å². The summed E-state index contributed by atoms with van der Waals surface area (Å²) in [6.45, 7) is -0.670. The molecule has 1 aliphatic heterocycles. The van der Waals surface area contributed by atoms with Gasteiger partial charge in [0, 0.05) is 19.3 Å². The molecule has 128 valence electrons. The largest absolute Gasteiger partial charge is 0.401 e. The summed E-state index contributed by atoms with van der Waals surface area (Å²) in [4.78, 5) is 16.4. The maximum absolute atomic E-state index is 12.4. The van der Waals surface area contributed by atoms with Crippen LogP contribution in [0.25, 0.3) is 0 Å². The number of alkyl halides is 3. The molecule has 0 radical (unpaired) electrons. The Morgan fingerprint density at radius 1 is 1.30 bits per heavy atom. The van der Waals surface area contributed by atoms with E-state index in [9.17, 15) is 18.0 Å². The van der Waals surface area contributed by atoms with Gasteiger partial charge in [0.15, 0.2) is 0 Å². The second kappa shape index (κ2) is 7.32. The third-order valence-electron chi connectivity index (χ3n) is 3.65. The predicted molar refractivity (Wildman–Crippen MR) is 77.8 cm³/mol. The number of nitriles is 1. The van der Waals surface area contributed by atoms with Gasteiger partial charge >= 0.3 is 6.18 Å². The van der Waals surface area contributed by atoms with E-state index in [2.05, 4.69) is 4.99 Å². The molecule has 6 N–H and O–H groups in total. The van der Waals surface area contributed by atoms with Gasteiger partial charge < -0.3 is 17.2 Å². The molecule has 1 aliphatic rings. The summed E-state index contributed by atoms with van der Waals surface area (Å²) < 4.78 is 37.2. The highest BCUT2D eigenvalue weighted by molar-refractivity contribution is 5.97. The minimum atomic E-state index is -4.26. The summed E-state index contributed by atoms with van der Waals surface area (Å²) >= 11 is 0. The van der Waals surface area contributed by atoms with Gasteiger partial charge in [0.25, 0.3) is 5.91 Å². The molecule has 1 amide bonds. The Morgan fingerprint density at radius 3 is 2.30 bits per heavy atom. The molecule has 0 aromatic rings. The summed E-state index contributed by atoms with van der Waals surface area (Å²) in [6.07, 6.45) is -2.53. The van der Waals surface area contributed by atoms with E-state index in [-0.39, 0.29) is 43.7 Å². The van der Waals surface area contributed by atoms with Gasteiger partial charge in [0.2, 0.25) is 0 Å². The molecule has 1 heterocycles. The minimum absolute atomic E-state index is 0.0348. The lowest BCUT2D eigenvalue weighted by Crippen LogP contribution is -2.46. The van der Waals surface area contributed by atoms with E-state index in [0.717, 1.165) is 6.21 Å². The van der Waals surface area contributed by atoms with Crippen molar-refractivity contribution in [1.82, 2.24) is 4.90 Å². The predicted octanol–water partition coefficient (Wildman–Crippen LogP) is -0.0179. The Bertz CT molecular complexity index is 541. The first-order valence-corrected chi connectivity index (χ1v) is 6.85. The zero-order valence-corrected chi connectivity index (χ0v) is 12.4. The number of aliphatic imine (C=N–C) groups is 1. The van der Waals surface area contributed by atoms with Crippen molar-refractivity contribution in [2.24, 2.45) is 22.2 Å². The normalized spacial score (nSPS) is 20.1. The fraction of sp³-hybridized carbons (Fsp3) is 0.615. The molecule has 1 fully saturated rings. The average molecular weight is 332 g/mol. The highest BCUT2D eigenvalue weighted by atomic mass is 19.4. The number of hydrogen-bond acceptors (Lipinski definition) is 6. The van der Waals surface area contributed by atoms with Crippen LogP contribution in [0.5, 0.6) is 0 Å². The number of piperidine rings is 1. The zero-order chi connectivity index (χ0) is 17.7. The quantitative estimate of drug-likeness (QED) is 0.480. The summed E-state index contributed by atoms with van der Waals surface area (Å²) in [7, 11) is 0. The molecule has 1 rings (SSSR count). The van der Waals surface area contributed by atoms with Crippen molar-refractivity contribution in [2.75, 3.05) is 19.6 Å². The smallest absolute Gasteiger partial charge is 0.396 e. The Morgan fingerprint density at radius 2 is 1.87 bits per heavy atom. The molecular weight excluding hydrogens is 313 g/mol. The molecule has 1 saturated heterocycles. The molecule has 10 heteroatoms. The Balaban J connectivity index is 2.82. The number of primary amides is 1. The summed E-state index contributed by atoms with van der Waals surface area (Å²) in [5.74, 6) is -0.900. The van der Waals surface area contributed by atoms with Gasteiger partial charge in [-0.05, 0) is 12.8 Å². The molecule has 0 aromatic heterocycles. The van der Waals surface area contributed by atoms with E-state index >= 15 is 0 Å². The lowest BCUT2D eigenvalue weighted by atomic mass is 9.85. The van der Waals surface area contributed by atoms with Crippen LogP contribution >= 0.6 is 0 Å². The van der Waals surface area contributed by atoms with Crippen molar-refractivity contribution < 1.29 is 18.0 Å². The molecule has 0 aromatic carbocycles. The van der Waals surface area contributed by atoms with Crippen LogP contribution in [0.3, 0.4) is 0 Å². The maximum atomic E-state index is 12.4. The van der Waals surface area contributed by atoms with Crippen molar-refractivity contribution in [3.8, 4) is 6.07 Å². The van der Waals surface area contributed by atoms with Crippen molar-refractivity contribution in [3.63, 3.8) is 0 Å². The Kier molecular flexibility index (Phi) is 5.98. The molecule has 23 heavy (non-hydrogen) atoms. The number of halogens is 3. The highest BCUT2D eigenvalue weighted by Gasteiger charge is 2.38. The van der Waals surface area contributed by atoms with E-state index in [0.29, 0.717) is 0 Å². The van der Waals surface area contributed by atoms with E-state index in [1.165, 1.54) is 4.90 Å². The van der Waals surface area contributed by atoms with Gasteiger partial charge in [-0.15, -0.1) is 0 Å². The summed E-state index contributed by atoms with van der Waals surface area (Å²) in [6, 6.07) is 1.98. The highest BCUT2D eigenvalue weighted by Crippen LogP contribution is 2.31. The summed E-state index contributed by atoms with van der Waals surface area (Å²) in [5.41, 5.74) is 14.6. The van der Waals surface area contributed by atoms with E-state index in [1.54, 1.807) is 0 Å². The molecule has 0 atom stereocenters. The van der Waals surface area contributed by atoms with Gasteiger partial charge in [-0.25, -0.2) is 0 Å². The third-order valence-corrected chi connectivity index (χ3v) is 3.65. The average Bonchev–Trinajstić information content (AvgIpc) is 2.45. The molecule has 0 unspecified atom stereocenters. The second-order valence-corrected chi connectivity index (χ2v) is 5.44. The zero-order valence-electron chi connectivity index (χ0n) is 12.4. The Hall–Kier alpha value is -2.28. The SMILES string of the molecule is N#CCC1(N=CC(N)=C(N)C(N)=O)CCN(CC(F)(F)F)CC1. The number of allylic oxidation sites excluding steroid dienone is 1. The first-order chi connectivity index (χ1) is 10.6. The first-order valence-electron chi connectivity index (χ1n) is 6.85. The molecule has 7 nitrogen and oxygen atoms in total. The van der Waals surface area contributed by atoms with Crippen molar-refractivity contribution in [2.45, 2.75) is 31.0 Å². The lowest BCUT2D eigenvalue weighted by Gasteiger charge is -2.38. The molecule has 0 saturated carbocycles. The van der Waals surface area contributed by atoms with Gasteiger partial charge in [-0.1, -0.05) is 0 Å². The van der Waals surface area contributed by atoms with Gasteiger partial charge in [-0.3, -0.25) is 14.7 Å². The molecule has 0 bridgehead atoms. The molecule has 0 spiro atoms. The summed E-state index contributed by atoms with van der Waals surface area (Å²) in [5, 5.41) is 8.94. The number of rotatable bonds is 5. The molecule has 0 aliphatic carbocycles. The van der Waals surface area contributed by atoms with Crippen LogP contribution < -0.4 is 17.2 Å². The van der Waals surface area contributed by atoms with Crippen molar-refractivity contribution in [3.05, 3.63) is 11.4 Å². The number of nitrogens with zero attached hydrogens (tertiary/aromatic N) is 3. The minimum Gasteiger partial charge on any atom is -0.396 e. The number of carbonyl (C=O) groups is 1. The van der Waals surface area contributed by atoms with Crippen LogP contribution in [-0.4, -0.2) is 48.4 Å². The second-order valence-electron chi connectivity index (χ2n) is 5.44. The molecular formula is C13H19F3N6O. The number of nitrogens with two attached hydrogens (primary N) is 3. The number of hydrogen-bond donors (Lipinski definition) is 3. The standard InChI is InChI=1S/C13H19F3N6O/c14-13(15,16)8-22-5-2-12(1-4-17,3-6-22)21-7-9(18)10(19)11(20)23/h7H,1-3,5-6,8,18-19H2,(H2,20,23). The topological polar surface area (TPSA) is 135 Å². The van der Waals surface area contributed by atoms with Crippen molar-refractivity contribution >= 4 is 12.1 Å². The van der Waals surface area contributed by atoms with E-state index < -0.39 is 24.2 Å². The Labute approximate surface area is 131 Å². The monoisotopic (exact) mass is 332 g/mol. The number of carbonyl (C=O) groups excluding carboxylic acids is 1. The lowest BCUT2D eigenvalue weighted by molar-refractivity contribution is -0.149. The fourth-order valence-corrected chi connectivity index (χ4v) is 2.30. The van der Waals surface area contributed by atoms with Gasteiger partial charge in [0.05, 0.1) is 30.3 Å². The van der Waals surface area contributed by atoms with Crippen LogP contribution in [-0.2, 0) is 4.79 Å². The van der Waals surface area contributed by atoms with E-state index in [4.69, 9.17) is 22.5 Å². The fourth-order valence-electron chi connectivity index (χ4n) is 2.30. The van der Waals surface area contributed by atoms with Crippen LogP contribution in [0.4, 0.5) is 13.2 Å². The first kappa shape index (κ1) is 18.8. The third kappa shape index (κ3) is 5.78.